The van der Waals surface area contributed by atoms with Crippen molar-refractivity contribution in [3.05, 3.63) is 0 Å². The molecular weight excluding hydrogens is 256 g/mol. The Bertz CT molecular complexity index is 365. The van der Waals surface area contributed by atoms with Gasteiger partial charge in [0.15, 0.2) is 6.10 Å². The highest BCUT2D eigenvalue weighted by Gasteiger charge is 2.42. The molecule has 7 heteroatoms. The van der Waals surface area contributed by atoms with E-state index in [1.807, 2.05) is 0 Å². The summed E-state index contributed by atoms with van der Waals surface area (Å²) in [6.45, 7) is 5.42. The average Bonchev–Trinajstić information content (AvgIpc) is 2.21. The molecule has 1 aliphatic heterocycles. The summed E-state index contributed by atoms with van der Waals surface area (Å²) in [6.07, 6.45) is -2.65. The quantitative estimate of drug-likeness (QED) is 0.548. The van der Waals surface area contributed by atoms with Crippen molar-refractivity contribution in [1.29, 1.82) is 0 Å². The maximum atomic E-state index is 11.1. The molecule has 1 heterocycles. The van der Waals surface area contributed by atoms with E-state index in [0.717, 1.165) is 0 Å². The Labute approximate surface area is 111 Å². The highest BCUT2D eigenvalue weighted by Crippen LogP contribution is 2.26. The van der Waals surface area contributed by atoms with Crippen LogP contribution in [0.5, 0.6) is 0 Å². The second-order valence-electron chi connectivity index (χ2n) is 4.34. The van der Waals surface area contributed by atoms with Crippen LogP contribution in [0.1, 0.15) is 34.1 Å². The molecule has 0 aromatic heterocycles. The van der Waals surface area contributed by atoms with E-state index in [4.69, 9.17) is 18.9 Å². The molecule has 0 saturated carbocycles. The highest BCUT2D eigenvalue weighted by molar-refractivity contribution is 5.67. The van der Waals surface area contributed by atoms with E-state index >= 15 is 0 Å². The molecule has 19 heavy (non-hydrogen) atoms. The van der Waals surface area contributed by atoms with E-state index in [1.165, 1.54) is 20.8 Å². The predicted molar refractivity (Wildman–Crippen MR) is 61.8 cm³/mol. The molecule has 108 valence electrons. The van der Waals surface area contributed by atoms with Crippen molar-refractivity contribution < 1.29 is 33.3 Å². The van der Waals surface area contributed by atoms with Crippen LogP contribution in [0, 0.1) is 0 Å². The Morgan fingerprint density at radius 2 is 1.47 bits per heavy atom. The molecule has 0 aromatic rings. The van der Waals surface area contributed by atoms with Gasteiger partial charge in [0.2, 0.25) is 6.29 Å². The van der Waals surface area contributed by atoms with E-state index in [1.54, 1.807) is 6.92 Å². The standard InChI is InChI=1S/C12H18O7/c1-6-12(19-9(4)15)10(17-7(2)13)5-11(16-6)18-8(3)14/h6,10-12H,5H2,1-4H3/t6-,10-,11-,12-/m1/s1. The third-order valence-electron chi connectivity index (χ3n) is 2.54. The minimum atomic E-state index is -0.816. The fourth-order valence-electron chi connectivity index (χ4n) is 1.95. The third kappa shape index (κ3) is 4.86. The first-order valence-corrected chi connectivity index (χ1v) is 5.96. The normalized spacial score (nSPS) is 30.3. The summed E-state index contributed by atoms with van der Waals surface area (Å²) < 4.78 is 20.5. The zero-order valence-corrected chi connectivity index (χ0v) is 11.4. The van der Waals surface area contributed by atoms with Crippen LogP contribution < -0.4 is 0 Å². The van der Waals surface area contributed by atoms with Crippen LogP contribution in [0.3, 0.4) is 0 Å². The van der Waals surface area contributed by atoms with Crippen LogP contribution in [-0.4, -0.2) is 42.5 Å². The third-order valence-corrected chi connectivity index (χ3v) is 2.54. The topological polar surface area (TPSA) is 88.1 Å². The Hall–Kier alpha value is -1.63. The van der Waals surface area contributed by atoms with Crippen LogP contribution in [0.25, 0.3) is 0 Å². The first-order chi connectivity index (χ1) is 8.79. The van der Waals surface area contributed by atoms with Crippen molar-refractivity contribution in [2.75, 3.05) is 0 Å². The first kappa shape index (κ1) is 15.4. The monoisotopic (exact) mass is 274 g/mol. The number of carbonyl (C=O) groups is 3. The molecule has 0 amide bonds. The number of hydrogen-bond donors (Lipinski definition) is 0. The summed E-state index contributed by atoms with van der Waals surface area (Å²) in [5.74, 6) is -1.49. The minimum Gasteiger partial charge on any atom is -0.458 e. The molecule has 1 fully saturated rings. The molecule has 4 atom stereocenters. The molecule has 0 unspecified atom stereocenters. The molecule has 0 radical (unpaired) electrons. The number of rotatable bonds is 3. The largest absolute Gasteiger partial charge is 0.458 e. The molecule has 0 spiro atoms. The summed E-state index contributed by atoms with van der Waals surface area (Å²) in [5, 5.41) is 0. The summed E-state index contributed by atoms with van der Waals surface area (Å²) in [5.41, 5.74) is 0. The van der Waals surface area contributed by atoms with E-state index < -0.39 is 42.5 Å². The lowest BCUT2D eigenvalue weighted by atomic mass is 10.0. The maximum Gasteiger partial charge on any atom is 0.304 e. The van der Waals surface area contributed by atoms with Crippen molar-refractivity contribution in [1.82, 2.24) is 0 Å². The summed E-state index contributed by atoms with van der Waals surface area (Å²) in [7, 11) is 0. The number of carbonyl (C=O) groups excluding carboxylic acids is 3. The average molecular weight is 274 g/mol. The lowest BCUT2D eigenvalue weighted by Gasteiger charge is -2.38. The van der Waals surface area contributed by atoms with Crippen molar-refractivity contribution in [3.63, 3.8) is 0 Å². The lowest BCUT2D eigenvalue weighted by Crippen LogP contribution is -2.51. The summed E-state index contributed by atoms with van der Waals surface area (Å²) >= 11 is 0. The minimum absolute atomic E-state index is 0.126. The molecule has 0 N–H and O–H groups in total. The SMILES string of the molecule is CC(=O)O[C@@H]1C[C@@H](OC(C)=O)[C@H](OC(C)=O)[C@@H](C)O1. The molecule has 1 saturated heterocycles. The van der Waals surface area contributed by atoms with Crippen molar-refractivity contribution in [2.45, 2.75) is 58.7 Å². The fraction of sp³-hybridized carbons (Fsp3) is 0.750. The van der Waals surface area contributed by atoms with Gasteiger partial charge in [-0.15, -0.1) is 0 Å². The second-order valence-corrected chi connectivity index (χ2v) is 4.34. The Kier molecular flexibility index (Phi) is 5.29. The van der Waals surface area contributed by atoms with Crippen LogP contribution in [0.15, 0.2) is 0 Å². The predicted octanol–water partition coefficient (Wildman–Crippen LogP) is 0.548. The smallest absolute Gasteiger partial charge is 0.304 e. The lowest BCUT2D eigenvalue weighted by molar-refractivity contribution is -0.250. The van der Waals surface area contributed by atoms with Gasteiger partial charge in [0, 0.05) is 20.8 Å². The van der Waals surface area contributed by atoms with E-state index in [9.17, 15) is 14.4 Å². The number of esters is 3. The van der Waals surface area contributed by atoms with Gasteiger partial charge in [0.05, 0.1) is 12.5 Å². The Morgan fingerprint density at radius 3 is 1.95 bits per heavy atom. The molecule has 0 aliphatic carbocycles. The van der Waals surface area contributed by atoms with E-state index in [-0.39, 0.29) is 6.42 Å². The zero-order valence-electron chi connectivity index (χ0n) is 11.4. The van der Waals surface area contributed by atoms with Gasteiger partial charge in [-0.05, 0) is 6.92 Å². The van der Waals surface area contributed by atoms with Crippen molar-refractivity contribution >= 4 is 17.9 Å². The number of ether oxygens (including phenoxy) is 4. The van der Waals surface area contributed by atoms with Crippen LogP contribution in [-0.2, 0) is 33.3 Å². The van der Waals surface area contributed by atoms with Gasteiger partial charge in [-0.2, -0.15) is 0 Å². The molecular formula is C12H18O7. The highest BCUT2D eigenvalue weighted by atomic mass is 16.7. The second kappa shape index (κ2) is 6.51. The van der Waals surface area contributed by atoms with Crippen LogP contribution in [0.2, 0.25) is 0 Å². The molecule has 0 bridgehead atoms. The van der Waals surface area contributed by atoms with E-state index in [2.05, 4.69) is 0 Å². The van der Waals surface area contributed by atoms with Crippen molar-refractivity contribution in [2.24, 2.45) is 0 Å². The van der Waals surface area contributed by atoms with Gasteiger partial charge in [-0.25, -0.2) is 0 Å². The fourth-order valence-corrected chi connectivity index (χ4v) is 1.95. The first-order valence-electron chi connectivity index (χ1n) is 5.96. The molecule has 7 nitrogen and oxygen atoms in total. The summed E-state index contributed by atoms with van der Waals surface area (Å²) in [6, 6.07) is 0. The van der Waals surface area contributed by atoms with Gasteiger partial charge in [-0.1, -0.05) is 0 Å². The molecule has 1 rings (SSSR count). The van der Waals surface area contributed by atoms with Crippen LogP contribution in [0.4, 0.5) is 0 Å². The molecule has 0 aromatic carbocycles. The summed E-state index contributed by atoms with van der Waals surface area (Å²) in [4.78, 5) is 33.0. The molecule has 1 aliphatic rings. The van der Waals surface area contributed by atoms with Crippen molar-refractivity contribution in [3.8, 4) is 0 Å². The van der Waals surface area contributed by atoms with Gasteiger partial charge in [-0.3, -0.25) is 14.4 Å². The van der Waals surface area contributed by atoms with Gasteiger partial charge < -0.3 is 18.9 Å². The van der Waals surface area contributed by atoms with Crippen LogP contribution >= 0.6 is 0 Å². The Morgan fingerprint density at radius 1 is 0.947 bits per heavy atom. The maximum absolute atomic E-state index is 11.1. The van der Waals surface area contributed by atoms with Gasteiger partial charge >= 0.3 is 17.9 Å². The van der Waals surface area contributed by atoms with Gasteiger partial charge in [0.1, 0.15) is 6.10 Å². The zero-order chi connectivity index (χ0) is 14.6. The van der Waals surface area contributed by atoms with Gasteiger partial charge in [0.25, 0.3) is 0 Å². The Balaban J connectivity index is 2.77. The van der Waals surface area contributed by atoms with E-state index in [0.29, 0.717) is 0 Å². The number of hydrogen-bond acceptors (Lipinski definition) is 7.